The Morgan fingerprint density at radius 1 is 1.40 bits per heavy atom. The van der Waals surface area contributed by atoms with E-state index in [1.165, 1.54) is 36.8 Å². The average Bonchev–Trinajstić information content (AvgIpc) is 3.48. The van der Waals surface area contributed by atoms with Gasteiger partial charge in [-0.1, -0.05) is 36.8 Å². The average molecular weight is 421 g/mol. The number of aliphatic hydroxyl groups is 3. The standard InChI is InChI=1S/C23H32O7/c1-14-8-9-22(12-24)18(10-14)29-19-11-17(21(22,3)23(19)13-28-23)30-20(27)7-5-4-6-16(26)15(2)25/h4-7,10,15-19,24-26H,8-9,11-13H2,1-3H3/b6-4+,7-5+/t15-,16-,17-,18-,19-,21-,22-,23+/m1/s1. The lowest BCUT2D eigenvalue weighted by Crippen LogP contribution is -2.66. The lowest BCUT2D eigenvalue weighted by Gasteiger charge is -2.58. The Balaban J connectivity index is 1.55. The summed E-state index contributed by atoms with van der Waals surface area (Å²) in [5, 5.41) is 29.4. The molecule has 166 valence electrons. The predicted molar refractivity (Wildman–Crippen MR) is 108 cm³/mol. The third kappa shape index (κ3) is 3.02. The zero-order chi connectivity index (χ0) is 21.7. The molecule has 7 heteroatoms. The van der Waals surface area contributed by atoms with Gasteiger partial charge in [0.25, 0.3) is 0 Å². The van der Waals surface area contributed by atoms with Gasteiger partial charge < -0.3 is 29.5 Å². The molecule has 1 saturated carbocycles. The lowest BCUT2D eigenvalue weighted by molar-refractivity contribution is -0.228. The number of fused-ring (bicyclic) bond motifs is 2. The molecule has 30 heavy (non-hydrogen) atoms. The van der Waals surface area contributed by atoms with Crippen molar-refractivity contribution in [2.75, 3.05) is 13.2 Å². The summed E-state index contributed by atoms with van der Waals surface area (Å²) in [6.45, 7) is 6.14. The Labute approximate surface area is 177 Å². The fraction of sp³-hybridized carbons (Fsp3) is 0.696. The molecule has 1 spiro atoms. The summed E-state index contributed by atoms with van der Waals surface area (Å²) in [5.74, 6) is -0.493. The Bertz CT molecular complexity index is 780. The van der Waals surface area contributed by atoms with Crippen LogP contribution >= 0.6 is 0 Å². The van der Waals surface area contributed by atoms with E-state index in [4.69, 9.17) is 14.2 Å². The second-order valence-electron chi connectivity index (χ2n) is 9.39. The van der Waals surface area contributed by atoms with Gasteiger partial charge in [0, 0.05) is 23.3 Å². The monoisotopic (exact) mass is 420 g/mol. The van der Waals surface area contributed by atoms with Crippen LogP contribution in [0.1, 0.15) is 40.0 Å². The van der Waals surface area contributed by atoms with E-state index < -0.39 is 40.7 Å². The Kier molecular flexibility index (Phi) is 5.48. The molecule has 0 radical (unpaired) electrons. The number of allylic oxidation sites excluding steroid dienone is 3. The van der Waals surface area contributed by atoms with E-state index in [2.05, 4.69) is 19.9 Å². The molecule has 7 nitrogen and oxygen atoms in total. The number of rotatable bonds is 6. The van der Waals surface area contributed by atoms with Gasteiger partial charge in [-0.2, -0.15) is 0 Å². The lowest BCUT2D eigenvalue weighted by atomic mass is 9.51. The van der Waals surface area contributed by atoms with Crippen LogP contribution in [0, 0.1) is 10.8 Å². The van der Waals surface area contributed by atoms with E-state index in [0.717, 1.165) is 12.8 Å². The highest BCUT2D eigenvalue weighted by Crippen LogP contribution is 2.71. The number of esters is 1. The van der Waals surface area contributed by atoms with Gasteiger partial charge in [0.2, 0.25) is 0 Å². The van der Waals surface area contributed by atoms with Crippen LogP contribution in [0.4, 0.5) is 0 Å². The summed E-state index contributed by atoms with van der Waals surface area (Å²) in [6, 6.07) is 0. The molecule has 2 saturated heterocycles. The molecule has 4 aliphatic rings. The normalized spacial score (nSPS) is 44.2. The summed E-state index contributed by atoms with van der Waals surface area (Å²) >= 11 is 0. The number of ether oxygens (including phenoxy) is 3. The van der Waals surface area contributed by atoms with E-state index >= 15 is 0 Å². The molecule has 3 N–H and O–H groups in total. The summed E-state index contributed by atoms with van der Waals surface area (Å²) in [4.78, 5) is 12.5. The van der Waals surface area contributed by atoms with Crippen molar-refractivity contribution in [1.82, 2.24) is 0 Å². The first-order valence-electron chi connectivity index (χ1n) is 10.7. The van der Waals surface area contributed by atoms with Crippen molar-refractivity contribution in [2.45, 2.75) is 76.2 Å². The van der Waals surface area contributed by atoms with Gasteiger partial charge in [0.05, 0.1) is 37.6 Å². The van der Waals surface area contributed by atoms with Gasteiger partial charge in [-0.3, -0.25) is 0 Å². The molecular weight excluding hydrogens is 388 g/mol. The van der Waals surface area contributed by atoms with Crippen molar-refractivity contribution >= 4 is 5.97 Å². The molecule has 0 aromatic carbocycles. The van der Waals surface area contributed by atoms with Crippen molar-refractivity contribution in [1.29, 1.82) is 0 Å². The molecule has 0 aromatic rings. The van der Waals surface area contributed by atoms with Crippen molar-refractivity contribution in [3.05, 3.63) is 36.0 Å². The molecule has 0 unspecified atom stereocenters. The molecule has 2 aliphatic carbocycles. The third-order valence-corrected chi connectivity index (χ3v) is 7.90. The van der Waals surface area contributed by atoms with Crippen LogP contribution in [-0.2, 0) is 19.0 Å². The van der Waals surface area contributed by atoms with Crippen LogP contribution in [-0.4, -0.2) is 70.6 Å². The van der Waals surface area contributed by atoms with Crippen LogP contribution in [0.3, 0.4) is 0 Å². The van der Waals surface area contributed by atoms with Gasteiger partial charge in [-0.25, -0.2) is 4.79 Å². The SMILES string of the molecule is CC1=C[C@H]2O[C@@H]3C[C@@H](OC(=O)/C=C/C=C/[C@@H](O)[C@@H](C)O)[C@](C)([C@@]2(CO)CC1)[C@]31CO1. The van der Waals surface area contributed by atoms with Gasteiger partial charge >= 0.3 is 5.97 Å². The maximum absolute atomic E-state index is 12.5. The first-order chi connectivity index (χ1) is 14.2. The van der Waals surface area contributed by atoms with E-state index in [-0.39, 0.29) is 18.8 Å². The quantitative estimate of drug-likeness (QED) is 0.196. The minimum absolute atomic E-state index is 0.0559. The fourth-order valence-corrected chi connectivity index (χ4v) is 5.82. The topological polar surface area (TPSA) is 109 Å². The van der Waals surface area contributed by atoms with Crippen LogP contribution in [0.2, 0.25) is 0 Å². The minimum Gasteiger partial charge on any atom is -0.458 e. The van der Waals surface area contributed by atoms with Gasteiger partial charge in [-0.05, 0) is 26.7 Å². The highest BCUT2D eigenvalue weighted by Gasteiger charge is 2.82. The molecule has 2 aliphatic heterocycles. The van der Waals surface area contributed by atoms with E-state index in [9.17, 15) is 20.1 Å². The summed E-state index contributed by atoms with van der Waals surface area (Å²) < 4.78 is 18.3. The molecule has 0 aromatic heterocycles. The zero-order valence-corrected chi connectivity index (χ0v) is 17.8. The summed E-state index contributed by atoms with van der Waals surface area (Å²) in [6.07, 6.45) is 7.27. The van der Waals surface area contributed by atoms with Crippen LogP contribution in [0.5, 0.6) is 0 Å². The molecule has 2 bridgehead atoms. The van der Waals surface area contributed by atoms with Gasteiger partial charge in [0.15, 0.2) is 0 Å². The predicted octanol–water partition coefficient (Wildman–Crippen LogP) is 1.42. The number of hydrogen-bond donors (Lipinski definition) is 3. The largest absolute Gasteiger partial charge is 0.458 e. The minimum atomic E-state index is -0.994. The van der Waals surface area contributed by atoms with Crippen molar-refractivity contribution < 1.29 is 34.3 Å². The van der Waals surface area contributed by atoms with E-state index in [1.807, 2.05) is 0 Å². The maximum Gasteiger partial charge on any atom is 0.331 e. The van der Waals surface area contributed by atoms with E-state index in [1.54, 1.807) is 0 Å². The molecule has 0 amide bonds. The Morgan fingerprint density at radius 2 is 2.13 bits per heavy atom. The fourth-order valence-electron chi connectivity index (χ4n) is 5.82. The van der Waals surface area contributed by atoms with Gasteiger partial charge in [-0.15, -0.1) is 0 Å². The Hall–Kier alpha value is -1.51. The number of carbonyl (C=O) groups is 1. The highest BCUT2D eigenvalue weighted by atomic mass is 16.6. The second-order valence-corrected chi connectivity index (χ2v) is 9.39. The highest BCUT2D eigenvalue weighted by molar-refractivity contribution is 5.82. The summed E-state index contributed by atoms with van der Waals surface area (Å²) in [5.41, 5.74) is -0.378. The second kappa shape index (κ2) is 7.57. The van der Waals surface area contributed by atoms with Gasteiger partial charge in [0.1, 0.15) is 11.7 Å². The third-order valence-electron chi connectivity index (χ3n) is 7.90. The summed E-state index contributed by atoms with van der Waals surface area (Å²) in [7, 11) is 0. The van der Waals surface area contributed by atoms with Crippen LogP contribution in [0.25, 0.3) is 0 Å². The molecule has 8 atom stereocenters. The van der Waals surface area contributed by atoms with Crippen LogP contribution in [0.15, 0.2) is 36.0 Å². The van der Waals surface area contributed by atoms with Crippen LogP contribution < -0.4 is 0 Å². The first-order valence-corrected chi connectivity index (χ1v) is 10.7. The van der Waals surface area contributed by atoms with E-state index in [0.29, 0.717) is 13.0 Å². The molecule has 2 heterocycles. The number of carbonyl (C=O) groups excluding carboxylic acids is 1. The molecular formula is C23H32O7. The Morgan fingerprint density at radius 3 is 2.77 bits per heavy atom. The number of epoxide rings is 1. The van der Waals surface area contributed by atoms with Crippen molar-refractivity contribution in [2.24, 2.45) is 10.8 Å². The number of aliphatic hydroxyl groups excluding tert-OH is 3. The molecule has 3 fully saturated rings. The smallest absolute Gasteiger partial charge is 0.331 e. The van der Waals surface area contributed by atoms with Crippen molar-refractivity contribution in [3.63, 3.8) is 0 Å². The van der Waals surface area contributed by atoms with Crippen molar-refractivity contribution in [3.8, 4) is 0 Å². The first kappa shape index (κ1) is 21.7. The number of hydrogen-bond acceptors (Lipinski definition) is 7. The maximum atomic E-state index is 12.5. The zero-order valence-electron chi connectivity index (χ0n) is 17.8. The molecule has 4 rings (SSSR count).